The second-order valence-electron chi connectivity index (χ2n) is 4.18. The maximum absolute atomic E-state index is 11.4. The molecule has 5 nitrogen and oxygen atoms in total. The Balaban J connectivity index is 2.12. The van der Waals surface area contributed by atoms with Crippen molar-refractivity contribution in [3.8, 4) is 0 Å². The zero-order valence-corrected chi connectivity index (χ0v) is 10.3. The molecule has 2 heterocycles. The summed E-state index contributed by atoms with van der Waals surface area (Å²) >= 11 is 0. The SMILES string of the molecule is COC(=O)CN1CCOC[C@@H]1c1cccn1C. The molecule has 0 saturated carbocycles. The molecule has 1 saturated heterocycles. The first-order valence-corrected chi connectivity index (χ1v) is 5.72. The molecule has 17 heavy (non-hydrogen) atoms. The average Bonchev–Trinajstić information content (AvgIpc) is 2.76. The van der Waals surface area contributed by atoms with E-state index in [2.05, 4.69) is 15.5 Å². The summed E-state index contributed by atoms with van der Waals surface area (Å²) in [6, 6.07) is 4.19. The fourth-order valence-electron chi connectivity index (χ4n) is 2.15. The normalized spacial score (nSPS) is 21.4. The molecule has 1 aliphatic heterocycles. The summed E-state index contributed by atoms with van der Waals surface area (Å²) in [5.74, 6) is -0.203. The van der Waals surface area contributed by atoms with E-state index in [0.29, 0.717) is 19.8 Å². The van der Waals surface area contributed by atoms with E-state index in [1.165, 1.54) is 7.11 Å². The highest BCUT2D eigenvalue weighted by Crippen LogP contribution is 2.23. The molecule has 0 amide bonds. The molecule has 1 fully saturated rings. The van der Waals surface area contributed by atoms with Gasteiger partial charge >= 0.3 is 5.97 Å². The maximum atomic E-state index is 11.4. The summed E-state index contributed by atoms with van der Waals surface area (Å²) in [7, 11) is 3.42. The second-order valence-corrected chi connectivity index (χ2v) is 4.18. The minimum absolute atomic E-state index is 0.128. The number of morpholine rings is 1. The molecule has 0 spiro atoms. The summed E-state index contributed by atoms with van der Waals surface area (Å²) in [5, 5.41) is 0. The van der Waals surface area contributed by atoms with Gasteiger partial charge in [-0.1, -0.05) is 0 Å². The van der Waals surface area contributed by atoms with Gasteiger partial charge in [-0.15, -0.1) is 0 Å². The predicted molar refractivity (Wildman–Crippen MR) is 62.6 cm³/mol. The van der Waals surface area contributed by atoms with Crippen LogP contribution in [-0.2, 0) is 21.3 Å². The van der Waals surface area contributed by atoms with Gasteiger partial charge in [0.1, 0.15) is 0 Å². The van der Waals surface area contributed by atoms with Gasteiger partial charge in [-0.3, -0.25) is 9.69 Å². The molecular formula is C12H18N2O3. The summed E-state index contributed by atoms with van der Waals surface area (Å²) in [5.41, 5.74) is 1.16. The first-order chi connectivity index (χ1) is 8.22. The standard InChI is InChI=1S/C12H18N2O3/c1-13-5-3-4-10(13)11-9-17-7-6-14(11)8-12(15)16-2/h3-5,11H,6-9H2,1-2H3/t11-/m1/s1. The van der Waals surface area contributed by atoms with Crippen molar-refractivity contribution in [1.29, 1.82) is 0 Å². The quantitative estimate of drug-likeness (QED) is 0.722. The molecule has 0 radical (unpaired) electrons. The van der Waals surface area contributed by atoms with Crippen LogP contribution >= 0.6 is 0 Å². The van der Waals surface area contributed by atoms with Crippen molar-refractivity contribution in [3.63, 3.8) is 0 Å². The lowest BCUT2D eigenvalue weighted by Gasteiger charge is -2.34. The molecule has 5 heteroatoms. The molecule has 1 aromatic heterocycles. The summed E-state index contributed by atoms with van der Waals surface area (Å²) in [6.07, 6.45) is 2.00. The van der Waals surface area contributed by atoms with Gasteiger partial charge in [0.2, 0.25) is 0 Å². The van der Waals surface area contributed by atoms with Crippen LogP contribution in [0, 0.1) is 0 Å². The fraction of sp³-hybridized carbons (Fsp3) is 0.583. The minimum atomic E-state index is -0.203. The van der Waals surface area contributed by atoms with Gasteiger partial charge in [-0.2, -0.15) is 0 Å². The summed E-state index contributed by atoms with van der Waals surface area (Å²) in [4.78, 5) is 13.5. The van der Waals surface area contributed by atoms with E-state index in [1.807, 2.05) is 19.3 Å². The minimum Gasteiger partial charge on any atom is -0.468 e. The number of rotatable bonds is 3. The number of carbonyl (C=O) groups excluding carboxylic acids is 1. The third kappa shape index (κ3) is 2.68. The molecule has 1 aromatic rings. The van der Waals surface area contributed by atoms with Gasteiger partial charge in [-0.05, 0) is 12.1 Å². The summed E-state index contributed by atoms with van der Waals surface area (Å²) in [6.45, 7) is 2.35. The number of methoxy groups -OCH3 is 1. The van der Waals surface area contributed by atoms with E-state index in [1.54, 1.807) is 0 Å². The van der Waals surface area contributed by atoms with Gasteiger partial charge < -0.3 is 14.0 Å². The van der Waals surface area contributed by atoms with Crippen LogP contribution in [0.3, 0.4) is 0 Å². The highest BCUT2D eigenvalue weighted by molar-refractivity contribution is 5.71. The third-order valence-corrected chi connectivity index (χ3v) is 3.12. The molecule has 0 bridgehead atoms. The zero-order valence-electron chi connectivity index (χ0n) is 10.3. The van der Waals surface area contributed by atoms with Crippen LogP contribution in [0.15, 0.2) is 18.3 Å². The maximum Gasteiger partial charge on any atom is 0.319 e. The van der Waals surface area contributed by atoms with Crippen molar-refractivity contribution in [2.75, 3.05) is 33.4 Å². The van der Waals surface area contributed by atoms with Crippen LogP contribution in [0.5, 0.6) is 0 Å². The van der Waals surface area contributed by atoms with E-state index >= 15 is 0 Å². The molecule has 0 unspecified atom stereocenters. The number of hydrogen-bond acceptors (Lipinski definition) is 4. The largest absolute Gasteiger partial charge is 0.468 e. The van der Waals surface area contributed by atoms with Crippen molar-refractivity contribution in [1.82, 2.24) is 9.47 Å². The number of ether oxygens (including phenoxy) is 2. The molecule has 0 N–H and O–H groups in total. The van der Waals surface area contributed by atoms with E-state index in [-0.39, 0.29) is 12.0 Å². The lowest BCUT2D eigenvalue weighted by molar-refractivity contribution is -0.144. The van der Waals surface area contributed by atoms with Crippen LogP contribution in [0.1, 0.15) is 11.7 Å². The van der Waals surface area contributed by atoms with E-state index < -0.39 is 0 Å². The molecule has 1 atom stereocenters. The van der Waals surface area contributed by atoms with Crippen LogP contribution in [0.25, 0.3) is 0 Å². The average molecular weight is 238 g/mol. The highest BCUT2D eigenvalue weighted by Gasteiger charge is 2.27. The van der Waals surface area contributed by atoms with E-state index in [0.717, 1.165) is 12.2 Å². The lowest BCUT2D eigenvalue weighted by atomic mass is 10.1. The van der Waals surface area contributed by atoms with Gasteiger partial charge in [0.25, 0.3) is 0 Å². The van der Waals surface area contributed by atoms with Crippen LogP contribution in [0.2, 0.25) is 0 Å². The van der Waals surface area contributed by atoms with Crippen molar-refractivity contribution in [2.45, 2.75) is 6.04 Å². The highest BCUT2D eigenvalue weighted by atomic mass is 16.5. The third-order valence-electron chi connectivity index (χ3n) is 3.12. The predicted octanol–water partition coefficient (Wildman–Crippen LogP) is 0.571. The van der Waals surface area contributed by atoms with Crippen molar-refractivity contribution < 1.29 is 14.3 Å². The van der Waals surface area contributed by atoms with Crippen LogP contribution in [0.4, 0.5) is 0 Å². The Morgan fingerprint density at radius 2 is 2.47 bits per heavy atom. The number of aryl methyl sites for hydroxylation is 1. The van der Waals surface area contributed by atoms with Crippen molar-refractivity contribution in [3.05, 3.63) is 24.0 Å². The Kier molecular flexibility index (Phi) is 3.81. The van der Waals surface area contributed by atoms with Gasteiger partial charge in [0.05, 0.1) is 32.9 Å². The molecule has 2 rings (SSSR count). The van der Waals surface area contributed by atoms with Crippen molar-refractivity contribution >= 4 is 5.97 Å². The van der Waals surface area contributed by atoms with Crippen molar-refractivity contribution in [2.24, 2.45) is 7.05 Å². The Bertz CT molecular complexity index is 389. The Hall–Kier alpha value is -1.33. The van der Waals surface area contributed by atoms with E-state index in [4.69, 9.17) is 9.47 Å². The van der Waals surface area contributed by atoms with Gasteiger partial charge in [0, 0.05) is 25.5 Å². The Labute approximate surface area is 101 Å². The smallest absolute Gasteiger partial charge is 0.319 e. The number of esters is 1. The van der Waals surface area contributed by atoms with Gasteiger partial charge in [-0.25, -0.2) is 0 Å². The van der Waals surface area contributed by atoms with Gasteiger partial charge in [0.15, 0.2) is 0 Å². The topological polar surface area (TPSA) is 43.7 Å². The zero-order chi connectivity index (χ0) is 12.3. The first kappa shape index (κ1) is 12.1. The Morgan fingerprint density at radius 1 is 1.65 bits per heavy atom. The first-order valence-electron chi connectivity index (χ1n) is 5.72. The van der Waals surface area contributed by atoms with E-state index in [9.17, 15) is 4.79 Å². The number of aromatic nitrogens is 1. The summed E-state index contributed by atoms with van der Waals surface area (Å²) < 4.78 is 12.3. The molecule has 0 aliphatic carbocycles. The monoisotopic (exact) mass is 238 g/mol. The van der Waals surface area contributed by atoms with Crippen LogP contribution < -0.4 is 0 Å². The number of hydrogen-bond donors (Lipinski definition) is 0. The molecule has 94 valence electrons. The lowest BCUT2D eigenvalue weighted by Crippen LogP contribution is -2.43. The fourth-order valence-corrected chi connectivity index (χ4v) is 2.15. The molecule has 1 aliphatic rings. The second kappa shape index (κ2) is 5.33. The number of nitrogens with zero attached hydrogens (tertiary/aromatic N) is 2. The molecular weight excluding hydrogens is 220 g/mol. The number of carbonyl (C=O) groups is 1. The Morgan fingerprint density at radius 3 is 3.12 bits per heavy atom. The molecule has 0 aromatic carbocycles. The van der Waals surface area contributed by atoms with Crippen LogP contribution in [-0.4, -0.2) is 48.8 Å².